The fourth-order valence-electron chi connectivity index (χ4n) is 3.63. The lowest BCUT2D eigenvalue weighted by molar-refractivity contribution is -0.131. The predicted octanol–water partition coefficient (Wildman–Crippen LogP) is -0.179. The maximum atomic E-state index is 13.0. The van der Waals surface area contributed by atoms with Crippen LogP contribution in [0, 0.1) is 0 Å². The van der Waals surface area contributed by atoms with Crippen molar-refractivity contribution >= 4 is 25.8 Å². The zero-order chi connectivity index (χ0) is 21.1. The number of hydrogen-bond acceptors (Lipinski definition) is 7. The third-order valence-corrected chi connectivity index (χ3v) is 9.54. The van der Waals surface area contributed by atoms with Crippen molar-refractivity contribution in [3.63, 3.8) is 0 Å². The molecule has 9 nitrogen and oxygen atoms in total. The monoisotopic (exact) mass is 445 g/mol. The van der Waals surface area contributed by atoms with Crippen LogP contribution in [0.2, 0.25) is 0 Å². The quantitative estimate of drug-likeness (QED) is 0.643. The first-order valence-electron chi connectivity index (χ1n) is 9.66. The third kappa shape index (κ3) is 4.80. The van der Waals surface area contributed by atoms with Crippen molar-refractivity contribution in [3.8, 4) is 0 Å². The van der Waals surface area contributed by atoms with Crippen molar-refractivity contribution in [2.24, 2.45) is 5.73 Å². The second-order valence-corrected chi connectivity index (χ2v) is 11.3. The summed E-state index contributed by atoms with van der Waals surface area (Å²) in [7, 11) is -7.27. The molecule has 0 aliphatic carbocycles. The average molecular weight is 446 g/mol. The van der Waals surface area contributed by atoms with Gasteiger partial charge in [-0.25, -0.2) is 16.8 Å². The number of hydrogen-bond donors (Lipinski definition) is 1. The molecule has 2 fully saturated rings. The van der Waals surface area contributed by atoms with Gasteiger partial charge in [-0.05, 0) is 37.1 Å². The summed E-state index contributed by atoms with van der Waals surface area (Å²) in [6, 6.07) is 5.40. The van der Waals surface area contributed by atoms with Gasteiger partial charge in [0, 0.05) is 39.1 Å². The minimum absolute atomic E-state index is 0.0546. The highest BCUT2D eigenvalue weighted by molar-refractivity contribution is 7.92. The molecule has 29 heavy (non-hydrogen) atoms. The molecule has 1 amide bonds. The summed E-state index contributed by atoms with van der Waals surface area (Å²) in [5.41, 5.74) is 5.40. The molecular formula is C18H27N3O6S2. The van der Waals surface area contributed by atoms with E-state index in [9.17, 15) is 21.6 Å². The van der Waals surface area contributed by atoms with Gasteiger partial charge in [-0.1, -0.05) is 0 Å². The minimum atomic E-state index is -3.67. The number of sulfone groups is 1. The van der Waals surface area contributed by atoms with Gasteiger partial charge in [-0.15, -0.1) is 0 Å². The van der Waals surface area contributed by atoms with Crippen LogP contribution in [-0.4, -0.2) is 83.1 Å². The molecule has 0 saturated carbocycles. The zero-order valence-corrected chi connectivity index (χ0v) is 17.8. The van der Waals surface area contributed by atoms with Crippen LogP contribution in [0.5, 0.6) is 0 Å². The van der Waals surface area contributed by atoms with E-state index in [-0.39, 0.29) is 41.8 Å². The molecule has 0 spiro atoms. The van der Waals surface area contributed by atoms with E-state index in [0.29, 0.717) is 39.1 Å². The summed E-state index contributed by atoms with van der Waals surface area (Å²) < 4.78 is 57.8. The van der Waals surface area contributed by atoms with Gasteiger partial charge in [0.25, 0.3) is 0 Å². The maximum Gasteiger partial charge on any atom is 0.243 e. The molecule has 2 N–H and O–H groups in total. The summed E-state index contributed by atoms with van der Waals surface area (Å²) in [5.74, 6) is -0.0546. The van der Waals surface area contributed by atoms with E-state index in [1.807, 2.05) is 0 Å². The number of ether oxygens (including phenoxy) is 1. The lowest BCUT2D eigenvalue weighted by atomic mass is 10.1. The van der Waals surface area contributed by atoms with Gasteiger partial charge in [0.05, 0.1) is 28.3 Å². The first-order valence-corrected chi connectivity index (χ1v) is 12.6. The van der Waals surface area contributed by atoms with Crippen LogP contribution in [0.1, 0.15) is 19.3 Å². The first-order chi connectivity index (χ1) is 13.8. The lowest BCUT2D eigenvalue weighted by Gasteiger charge is -2.31. The summed E-state index contributed by atoms with van der Waals surface area (Å²) >= 11 is 0. The highest BCUT2D eigenvalue weighted by atomic mass is 32.2. The molecule has 1 aromatic rings. The van der Waals surface area contributed by atoms with E-state index in [2.05, 4.69) is 0 Å². The largest absolute Gasteiger partial charge is 0.379 e. The highest BCUT2D eigenvalue weighted by Crippen LogP contribution is 2.26. The zero-order valence-electron chi connectivity index (χ0n) is 16.2. The molecule has 0 bridgehead atoms. The Hall–Kier alpha value is -1.53. The maximum absolute atomic E-state index is 13.0. The van der Waals surface area contributed by atoms with E-state index < -0.39 is 25.1 Å². The van der Waals surface area contributed by atoms with Crippen LogP contribution < -0.4 is 5.73 Å². The van der Waals surface area contributed by atoms with Gasteiger partial charge in [0.2, 0.25) is 15.9 Å². The van der Waals surface area contributed by atoms with E-state index in [0.717, 1.165) is 0 Å². The van der Waals surface area contributed by atoms with Crippen LogP contribution in [0.3, 0.4) is 0 Å². The number of carbonyl (C=O) groups excluding carboxylic acids is 1. The number of benzene rings is 1. The van der Waals surface area contributed by atoms with Crippen molar-refractivity contribution in [3.05, 3.63) is 24.3 Å². The number of nitrogens with two attached hydrogens (primary N) is 1. The number of likely N-dealkylation sites (tertiary alicyclic amines) is 1. The fraction of sp³-hybridized carbons (Fsp3) is 0.611. The van der Waals surface area contributed by atoms with Crippen molar-refractivity contribution < 1.29 is 26.4 Å². The van der Waals surface area contributed by atoms with Crippen molar-refractivity contribution in [2.45, 2.75) is 34.3 Å². The molecule has 162 valence electrons. The highest BCUT2D eigenvalue weighted by Gasteiger charge is 2.33. The Kier molecular flexibility index (Phi) is 6.94. The Labute approximate surface area is 171 Å². The average Bonchev–Trinajstić information content (AvgIpc) is 2.74. The van der Waals surface area contributed by atoms with Gasteiger partial charge in [0.15, 0.2) is 9.84 Å². The smallest absolute Gasteiger partial charge is 0.243 e. The molecular weight excluding hydrogens is 418 g/mol. The van der Waals surface area contributed by atoms with Crippen molar-refractivity contribution in [1.82, 2.24) is 9.21 Å². The van der Waals surface area contributed by atoms with Gasteiger partial charge in [0.1, 0.15) is 0 Å². The van der Waals surface area contributed by atoms with E-state index >= 15 is 0 Å². The molecule has 0 atom stereocenters. The predicted molar refractivity (Wildman–Crippen MR) is 106 cm³/mol. The number of sulfonamides is 1. The number of piperidine rings is 1. The molecule has 0 radical (unpaired) electrons. The molecule has 2 saturated heterocycles. The van der Waals surface area contributed by atoms with Gasteiger partial charge in [-0.2, -0.15) is 4.31 Å². The minimum Gasteiger partial charge on any atom is -0.379 e. The van der Waals surface area contributed by atoms with Gasteiger partial charge >= 0.3 is 0 Å². The topological polar surface area (TPSA) is 127 Å². The lowest BCUT2D eigenvalue weighted by Crippen LogP contribution is -2.43. The first kappa shape index (κ1) is 22.2. The number of amides is 1. The number of rotatable bonds is 6. The Morgan fingerprint density at radius 3 is 2.07 bits per heavy atom. The number of carbonyl (C=O) groups is 1. The Balaban J connectivity index is 1.70. The van der Waals surface area contributed by atoms with Crippen LogP contribution in [0.4, 0.5) is 0 Å². The second kappa shape index (κ2) is 9.09. The van der Waals surface area contributed by atoms with Crippen molar-refractivity contribution in [2.75, 3.05) is 45.9 Å². The van der Waals surface area contributed by atoms with Crippen LogP contribution >= 0.6 is 0 Å². The van der Waals surface area contributed by atoms with E-state index in [1.165, 1.54) is 28.6 Å². The number of nitrogens with zero attached hydrogens (tertiary/aromatic N) is 2. The molecule has 0 aromatic heterocycles. The molecule has 2 aliphatic rings. The summed E-state index contributed by atoms with van der Waals surface area (Å²) in [6.45, 7) is 2.29. The third-order valence-electron chi connectivity index (χ3n) is 5.35. The molecule has 1 aromatic carbocycles. The molecule has 2 heterocycles. The molecule has 2 aliphatic heterocycles. The Morgan fingerprint density at radius 2 is 1.52 bits per heavy atom. The van der Waals surface area contributed by atoms with Crippen molar-refractivity contribution in [1.29, 1.82) is 0 Å². The van der Waals surface area contributed by atoms with E-state index in [4.69, 9.17) is 10.5 Å². The van der Waals surface area contributed by atoms with Crippen LogP contribution in [-0.2, 0) is 29.4 Å². The summed E-state index contributed by atoms with van der Waals surface area (Å²) in [4.78, 5) is 13.7. The Morgan fingerprint density at radius 1 is 0.966 bits per heavy atom. The standard InChI is InChI=1S/C18H27N3O6S2/c19-8-5-18(22)20-9-6-16(7-10-20)28(23,24)15-1-3-17(4-2-15)29(25,26)21-11-13-27-14-12-21/h1-4,16H,5-14,19H2. The SMILES string of the molecule is NCCC(=O)N1CCC(S(=O)(=O)c2ccc(S(=O)(=O)N3CCOCC3)cc2)CC1. The molecule has 11 heteroatoms. The Bertz CT molecular complexity index is 917. The summed E-state index contributed by atoms with van der Waals surface area (Å²) in [6.07, 6.45) is 0.968. The fourth-order valence-corrected chi connectivity index (χ4v) is 6.77. The van der Waals surface area contributed by atoms with Gasteiger partial charge < -0.3 is 15.4 Å². The normalized spacial score (nSPS) is 20.0. The number of morpholine rings is 1. The molecule has 0 unspecified atom stereocenters. The van der Waals surface area contributed by atoms with Crippen LogP contribution in [0.15, 0.2) is 34.1 Å². The summed E-state index contributed by atoms with van der Waals surface area (Å²) in [5, 5.41) is -0.592. The molecule has 3 rings (SSSR count). The van der Waals surface area contributed by atoms with Crippen LogP contribution in [0.25, 0.3) is 0 Å². The van der Waals surface area contributed by atoms with Gasteiger partial charge in [-0.3, -0.25) is 4.79 Å². The van der Waals surface area contributed by atoms with E-state index in [1.54, 1.807) is 4.90 Å². The second-order valence-electron chi connectivity index (χ2n) is 7.15.